The highest BCUT2D eigenvalue weighted by Gasteiger charge is 2.16. The summed E-state index contributed by atoms with van der Waals surface area (Å²) in [6.45, 7) is -0.410. The molecule has 1 N–H and O–H groups in total. The standard InChI is InChI=1S/C20H16ClN3O5/c21-15-4-2-1-3-14(15)20-23-17(24-29-20)10-28-19(26)11-27-13-6-7-16-12(9-13)5-8-18(25)22-16/h1-4,6-7,9H,5,8,10-11H2,(H,22,25). The second-order valence-corrected chi connectivity index (χ2v) is 6.72. The van der Waals surface area contributed by atoms with Gasteiger partial charge >= 0.3 is 5.97 Å². The Hall–Kier alpha value is -3.39. The largest absolute Gasteiger partial charge is 0.482 e. The molecule has 0 saturated heterocycles. The Labute approximate surface area is 170 Å². The summed E-state index contributed by atoms with van der Waals surface area (Å²) in [7, 11) is 0. The Morgan fingerprint density at radius 3 is 2.93 bits per heavy atom. The number of ether oxygens (including phenoxy) is 2. The Kier molecular flexibility index (Phi) is 5.44. The molecule has 0 saturated carbocycles. The van der Waals surface area contributed by atoms with Crippen LogP contribution in [0.15, 0.2) is 47.0 Å². The van der Waals surface area contributed by atoms with Gasteiger partial charge in [0.2, 0.25) is 11.7 Å². The summed E-state index contributed by atoms with van der Waals surface area (Å²) in [4.78, 5) is 27.5. The minimum Gasteiger partial charge on any atom is -0.482 e. The third-order valence-electron chi connectivity index (χ3n) is 4.26. The maximum Gasteiger partial charge on any atom is 0.344 e. The molecule has 0 radical (unpaired) electrons. The molecule has 9 heteroatoms. The fraction of sp³-hybridized carbons (Fsp3) is 0.200. The molecule has 0 fully saturated rings. The van der Waals surface area contributed by atoms with Crippen molar-refractivity contribution < 1.29 is 23.6 Å². The van der Waals surface area contributed by atoms with Crippen molar-refractivity contribution in [3.8, 4) is 17.2 Å². The highest BCUT2D eigenvalue weighted by molar-refractivity contribution is 6.33. The number of halogens is 1. The van der Waals surface area contributed by atoms with Crippen LogP contribution < -0.4 is 10.1 Å². The van der Waals surface area contributed by atoms with E-state index < -0.39 is 5.97 Å². The summed E-state index contributed by atoms with van der Waals surface area (Å²) < 4.78 is 15.7. The van der Waals surface area contributed by atoms with E-state index in [2.05, 4.69) is 15.5 Å². The van der Waals surface area contributed by atoms with Crippen LogP contribution in [0.2, 0.25) is 5.02 Å². The van der Waals surface area contributed by atoms with Crippen molar-refractivity contribution in [3.63, 3.8) is 0 Å². The molecule has 0 bridgehead atoms. The smallest absolute Gasteiger partial charge is 0.344 e. The number of amides is 1. The zero-order valence-electron chi connectivity index (χ0n) is 15.2. The van der Waals surface area contributed by atoms with Crippen molar-refractivity contribution in [3.05, 3.63) is 58.9 Å². The number of hydrogen-bond donors (Lipinski definition) is 1. The van der Waals surface area contributed by atoms with E-state index in [4.69, 9.17) is 25.6 Å². The number of aryl methyl sites for hydroxylation is 1. The molecule has 3 aromatic rings. The maximum atomic E-state index is 11.9. The lowest BCUT2D eigenvalue weighted by Crippen LogP contribution is -2.19. The Morgan fingerprint density at radius 2 is 2.07 bits per heavy atom. The summed E-state index contributed by atoms with van der Waals surface area (Å²) in [6, 6.07) is 12.3. The van der Waals surface area contributed by atoms with Gasteiger partial charge < -0.3 is 19.3 Å². The first-order chi connectivity index (χ1) is 14.1. The molecule has 0 aliphatic carbocycles. The van der Waals surface area contributed by atoms with Gasteiger partial charge in [-0.3, -0.25) is 4.79 Å². The van der Waals surface area contributed by atoms with E-state index in [9.17, 15) is 9.59 Å². The van der Waals surface area contributed by atoms with Crippen molar-refractivity contribution in [2.24, 2.45) is 0 Å². The fourth-order valence-electron chi connectivity index (χ4n) is 2.84. The van der Waals surface area contributed by atoms with Gasteiger partial charge in [0.05, 0.1) is 10.6 Å². The molecule has 2 aromatic carbocycles. The van der Waals surface area contributed by atoms with Crippen molar-refractivity contribution in [1.29, 1.82) is 0 Å². The highest BCUT2D eigenvalue weighted by atomic mass is 35.5. The first-order valence-corrected chi connectivity index (χ1v) is 9.25. The molecule has 0 spiro atoms. The zero-order valence-corrected chi connectivity index (χ0v) is 15.9. The molecular weight excluding hydrogens is 398 g/mol. The SMILES string of the molecule is O=C1CCc2cc(OCC(=O)OCc3noc(-c4ccccc4Cl)n3)ccc2N1. The second-order valence-electron chi connectivity index (χ2n) is 6.31. The van der Waals surface area contributed by atoms with Crippen LogP contribution in [0.4, 0.5) is 5.69 Å². The molecule has 148 valence electrons. The predicted molar refractivity (Wildman–Crippen MR) is 103 cm³/mol. The molecule has 1 amide bonds. The van der Waals surface area contributed by atoms with Crippen LogP contribution in [0.3, 0.4) is 0 Å². The minimum atomic E-state index is -0.569. The monoisotopic (exact) mass is 413 g/mol. The molecule has 4 rings (SSSR count). The van der Waals surface area contributed by atoms with Crippen LogP contribution in [0.5, 0.6) is 5.75 Å². The molecule has 0 atom stereocenters. The Balaban J connectivity index is 1.29. The lowest BCUT2D eigenvalue weighted by molar-refractivity contribution is -0.147. The number of carbonyl (C=O) groups excluding carboxylic acids is 2. The van der Waals surface area contributed by atoms with Gasteiger partial charge in [0.25, 0.3) is 5.89 Å². The summed E-state index contributed by atoms with van der Waals surface area (Å²) in [5.41, 5.74) is 2.34. The van der Waals surface area contributed by atoms with Crippen molar-refractivity contribution in [2.75, 3.05) is 11.9 Å². The normalized spacial score (nSPS) is 12.8. The fourth-order valence-corrected chi connectivity index (χ4v) is 3.05. The first kappa shape index (κ1) is 18.9. The molecule has 29 heavy (non-hydrogen) atoms. The lowest BCUT2D eigenvalue weighted by atomic mass is 10.0. The third kappa shape index (κ3) is 4.55. The van der Waals surface area contributed by atoms with Crippen molar-refractivity contribution in [2.45, 2.75) is 19.4 Å². The van der Waals surface area contributed by atoms with E-state index >= 15 is 0 Å². The number of nitrogens with one attached hydrogen (secondary N) is 1. The Bertz CT molecular complexity index is 1070. The number of benzene rings is 2. The quantitative estimate of drug-likeness (QED) is 0.617. The minimum absolute atomic E-state index is 0.00564. The Morgan fingerprint density at radius 1 is 1.21 bits per heavy atom. The average molecular weight is 414 g/mol. The van der Waals surface area contributed by atoms with Gasteiger partial charge in [0.1, 0.15) is 5.75 Å². The van der Waals surface area contributed by atoms with Crippen molar-refractivity contribution in [1.82, 2.24) is 10.1 Å². The molecule has 1 aromatic heterocycles. The van der Waals surface area contributed by atoms with Gasteiger partial charge in [0.15, 0.2) is 13.2 Å². The van der Waals surface area contributed by atoms with Gasteiger partial charge in [0, 0.05) is 12.1 Å². The van der Waals surface area contributed by atoms with Crippen LogP contribution in [-0.4, -0.2) is 28.6 Å². The zero-order chi connectivity index (χ0) is 20.2. The number of hydrogen-bond acceptors (Lipinski definition) is 7. The molecule has 8 nitrogen and oxygen atoms in total. The summed E-state index contributed by atoms with van der Waals surface area (Å²) in [5.74, 6) is 0.420. The number of anilines is 1. The molecular formula is C20H16ClN3O5. The van der Waals surface area contributed by atoms with Gasteiger partial charge in [-0.05, 0) is 42.3 Å². The van der Waals surface area contributed by atoms with Gasteiger partial charge in [-0.15, -0.1) is 0 Å². The number of esters is 1. The lowest BCUT2D eigenvalue weighted by Gasteiger charge is -2.17. The summed E-state index contributed by atoms with van der Waals surface area (Å²) >= 11 is 6.10. The highest BCUT2D eigenvalue weighted by Crippen LogP contribution is 2.27. The van der Waals surface area contributed by atoms with Gasteiger partial charge in [-0.2, -0.15) is 4.98 Å². The number of fused-ring (bicyclic) bond motifs is 1. The van der Waals surface area contributed by atoms with Crippen molar-refractivity contribution >= 4 is 29.2 Å². The van der Waals surface area contributed by atoms with Crippen LogP contribution in [0.1, 0.15) is 17.8 Å². The molecule has 0 unspecified atom stereocenters. The van der Waals surface area contributed by atoms with E-state index in [1.165, 1.54) is 0 Å². The topological polar surface area (TPSA) is 104 Å². The predicted octanol–water partition coefficient (Wildman–Crippen LogP) is 3.40. The van der Waals surface area contributed by atoms with E-state index in [0.717, 1.165) is 11.3 Å². The second kappa shape index (κ2) is 8.32. The number of nitrogens with zero attached hydrogens (tertiary/aromatic N) is 2. The first-order valence-electron chi connectivity index (χ1n) is 8.87. The van der Waals surface area contributed by atoms with E-state index in [-0.39, 0.29) is 30.8 Å². The van der Waals surface area contributed by atoms with Crippen LogP contribution >= 0.6 is 11.6 Å². The number of aromatic nitrogens is 2. The maximum absolute atomic E-state index is 11.9. The molecule has 1 aliphatic heterocycles. The number of carbonyl (C=O) groups is 2. The third-order valence-corrected chi connectivity index (χ3v) is 4.59. The molecule has 1 aliphatic rings. The molecule has 2 heterocycles. The van der Waals surface area contributed by atoms with E-state index in [1.807, 2.05) is 0 Å². The number of rotatable bonds is 6. The van der Waals surface area contributed by atoms with E-state index in [1.54, 1.807) is 42.5 Å². The van der Waals surface area contributed by atoms with Crippen LogP contribution in [0.25, 0.3) is 11.5 Å². The average Bonchev–Trinajstić information content (AvgIpc) is 3.20. The summed E-state index contributed by atoms with van der Waals surface area (Å²) in [5, 5.41) is 7.06. The summed E-state index contributed by atoms with van der Waals surface area (Å²) in [6.07, 6.45) is 1.06. The van der Waals surface area contributed by atoms with Crippen LogP contribution in [0, 0.1) is 0 Å². The van der Waals surface area contributed by atoms with Gasteiger partial charge in [-0.25, -0.2) is 4.79 Å². The van der Waals surface area contributed by atoms with Gasteiger partial charge in [-0.1, -0.05) is 28.9 Å². The van der Waals surface area contributed by atoms with Crippen LogP contribution in [-0.2, 0) is 27.4 Å². The van der Waals surface area contributed by atoms with E-state index in [0.29, 0.717) is 29.2 Å².